The molecule has 1 atom stereocenters. The first-order valence-corrected chi connectivity index (χ1v) is 6.26. The van der Waals surface area contributed by atoms with E-state index in [2.05, 4.69) is 20.6 Å². The summed E-state index contributed by atoms with van der Waals surface area (Å²) in [5, 5.41) is 5.88. The molecule has 4 N–H and O–H groups in total. The number of hydrogen-bond donors (Lipinski definition) is 3. The van der Waals surface area contributed by atoms with Gasteiger partial charge < -0.3 is 21.1 Å². The number of carbonyl (C=O) groups excluding carboxylic acids is 1. The third kappa shape index (κ3) is 4.61. The van der Waals surface area contributed by atoms with E-state index in [1.54, 1.807) is 0 Å². The molecule has 7 nitrogen and oxygen atoms in total. The van der Waals surface area contributed by atoms with Crippen LogP contribution in [-0.4, -0.2) is 35.6 Å². The second-order valence-corrected chi connectivity index (χ2v) is 4.20. The van der Waals surface area contributed by atoms with Crippen molar-refractivity contribution in [3.05, 3.63) is 6.33 Å². The molecule has 1 heterocycles. The van der Waals surface area contributed by atoms with E-state index >= 15 is 0 Å². The summed E-state index contributed by atoms with van der Waals surface area (Å²) in [4.78, 5) is 19.4. The number of nitrogen functional groups attached to an aromatic ring is 1. The van der Waals surface area contributed by atoms with Crippen LogP contribution in [0.3, 0.4) is 0 Å². The number of aromatic nitrogens is 2. The summed E-state index contributed by atoms with van der Waals surface area (Å²) in [6.07, 6.45) is 2.63. The molecule has 106 valence electrons. The fourth-order valence-corrected chi connectivity index (χ4v) is 1.43. The summed E-state index contributed by atoms with van der Waals surface area (Å²) in [6.45, 7) is 4.45. The molecule has 0 fully saturated rings. The van der Waals surface area contributed by atoms with Crippen LogP contribution in [0.15, 0.2) is 6.33 Å². The van der Waals surface area contributed by atoms with Crippen LogP contribution >= 0.6 is 0 Å². The molecule has 0 bridgehead atoms. The van der Waals surface area contributed by atoms with Gasteiger partial charge in [0.05, 0.1) is 7.11 Å². The second-order valence-electron chi connectivity index (χ2n) is 4.20. The van der Waals surface area contributed by atoms with Gasteiger partial charge in [0, 0.05) is 19.0 Å². The third-order valence-electron chi connectivity index (χ3n) is 2.70. The lowest BCUT2D eigenvalue weighted by Gasteiger charge is -2.12. The van der Waals surface area contributed by atoms with E-state index in [0.29, 0.717) is 30.4 Å². The van der Waals surface area contributed by atoms with E-state index in [1.165, 1.54) is 13.4 Å². The first kappa shape index (κ1) is 15.0. The third-order valence-corrected chi connectivity index (χ3v) is 2.70. The van der Waals surface area contributed by atoms with Crippen LogP contribution in [0.2, 0.25) is 0 Å². The van der Waals surface area contributed by atoms with Gasteiger partial charge in [0.1, 0.15) is 12.0 Å². The maximum absolute atomic E-state index is 11.6. The second kappa shape index (κ2) is 7.40. The molecule has 1 rings (SSSR count). The van der Waals surface area contributed by atoms with Crippen molar-refractivity contribution in [1.29, 1.82) is 0 Å². The molecule has 0 saturated carbocycles. The minimum atomic E-state index is 0.00134. The van der Waals surface area contributed by atoms with Crippen LogP contribution in [0.4, 0.5) is 11.5 Å². The van der Waals surface area contributed by atoms with Crippen molar-refractivity contribution in [2.75, 3.05) is 24.7 Å². The van der Waals surface area contributed by atoms with Crippen LogP contribution in [0.1, 0.15) is 26.7 Å². The fourth-order valence-electron chi connectivity index (χ4n) is 1.43. The van der Waals surface area contributed by atoms with Crippen LogP contribution in [-0.2, 0) is 4.79 Å². The average molecular weight is 267 g/mol. The highest BCUT2D eigenvalue weighted by atomic mass is 16.5. The average Bonchev–Trinajstić information content (AvgIpc) is 2.40. The minimum Gasteiger partial charge on any atom is -0.479 e. The predicted molar refractivity (Wildman–Crippen MR) is 74.0 cm³/mol. The number of rotatable bonds is 7. The monoisotopic (exact) mass is 267 g/mol. The highest BCUT2D eigenvalue weighted by Gasteiger charge is 2.09. The Bertz CT molecular complexity index is 425. The van der Waals surface area contributed by atoms with E-state index in [-0.39, 0.29) is 11.9 Å². The smallest absolute Gasteiger partial charge is 0.242 e. The van der Waals surface area contributed by atoms with Crippen molar-refractivity contribution in [1.82, 2.24) is 15.3 Å². The van der Waals surface area contributed by atoms with Crippen LogP contribution < -0.4 is 21.1 Å². The van der Waals surface area contributed by atoms with Crippen molar-refractivity contribution in [2.45, 2.75) is 32.7 Å². The van der Waals surface area contributed by atoms with Crippen LogP contribution in [0, 0.1) is 0 Å². The van der Waals surface area contributed by atoms with Gasteiger partial charge in [-0.2, -0.15) is 4.98 Å². The number of nitrogens with two attached hydrogens (primary N) is 1. The molecule has 0 aromatic carbocycles. The first-order chi connectivity index (χ1) is 9.08. The SMILES string of the molecule is CCC(C)NC(=O)CCNc1ncnc(OC)c1N. The van der Waals surface area contributed by atoms with Gasteiger partial charge in [-0.3, -0.25) is 4.79 Å². The zero-order valence-electron chi connectivity index (χ0n) is 11.6. The predicted octanol–water partition coefficient (Wildman–Crippen LogP) is 0.784. The Labute approximate surface area is 113 Å². The summed E-state index contributed by atoms with van der Waals surface area (Å²) >= 11 is 0. The van der Waals surface area contributed by atoms with E-state index in [1.807, 2.05) is 13.8 Å². The van der Waals surface area contributed by atoms with Gasteiger partial charge >= 0.3 is 0 Å². The summed E-state index contributed by atoms with van der Waals surface area (Å²) in [6, 6.07) is 0.191. The molecule has 19 heavy (non-hydrogen) atoms. The Kier molecular flexibility index (Phi) is 5.84. The van der Waals surface area contributed by atoms with E-state index < -0.39 is 0 Å². The summed E-state index contributed by atoms with van der Waals surface area (Å²) in [7, 11) is 1.49. The Morgan fingerprint density at radius 1 is 1.53 bits per heavy atom. The van der Waals surface area contributed by atoms with Crippen molar-refractivity contribution < 1.29 is 9.53 Å². The summed E-state index contributed by atoms with van der Waals surface area (Å²) in [5.74, 6) is 0.797. The standard InChI is InChI=1S/C12H21N5O2/c1-4-8(2)17-9(18)5-6-14-11-10(13)12(19-3)16-7-15-11/h7-8H,4-6,13H2,1-3H3,(H,17,18)(H,14,15,16). The molecule has 0 aliphatic heterocycles. The Morgan fingerprint density at radius 2 is 2.26 bits per heavy atom. The van der Waals surface area contributed by atoms with E-state index in [9.17, 15) is 4.79 Å². The largest absolute Gasteiger partial charge is 0.479 e. The minimum absolute atomic E-state index is 0.00134. The van der Waals surface area contributed by atoms with Crippen LogP contribution in [0.5, 0.6) is 5.88 Å². The van der Waals surface area contributed by atoms with Gasteiger partial charge in [-0.15, -0.1) is 0 Å². The van der Waals surface area contributed by atoms with Crippen LogP contribution in [0.25, 0.3) is 0 Å². The Morgan fingerprint density at radius 3 is 2.89 bits per heavy atom. The molecule has 1 aromatic rings. The Balaban J connectivity index is 2.43. The number of nitrogens with one attached hydrogen (secondary N) is 2. The molecule has 1 amide bonds. The zero-order valence-corrected chi connectivity index (χ0v) is 11.6. The van der Waals surface area contributed by atoms with Crippen molar-refractivity contribution >= 4 is 17.4 Å². The van der Waals surface area contributed by atoms with Crippen molar-refractivity contribution in [2.24, 2.45) is 0 Å². The lowest BCUT2D eigenvalue weighted by atomic mass is 10.2. The van der Waals surface area contributed by atoms with Gasteiger partial charge in [-0.25, -0.2) is 4.98 Å². The number of amides is 1. The molecule has 0 aliphatic rings. The van der Waals surface area contributed by atoms with Gasteiger partial charge in [0.15, 0.2) is 5.82 Å². The topological polar surface area (TPSA) is 102 Å². The molecule has 1 aromatic heterocycles. The maximum atomic E-state index is 11.6. The van der Waals surface area contributed by atoms with E-state index in [4.69, 9.17) is 10.5 Å². The number of ether oxygens (including phenoxy) is 1. The number of carbonyl (C=O) groups is 1. The molecule has 1 unspecified atom stereocenters. The van der Waals surface area contributed by atoms with Gasteiger partial charge in [0.25, 0.3) is 0 Å². The number of nitrogens with zero attached hydrogens (tertiary/aromatic N) is 2. The molecule has 0 spiro atoms. The molecule has 0 radical (unpaired) electrons. The normalized spacial score (nSPS) is 11.7. The lowest BCUT2D eigenvalue weighted by Crippen LogP contribution is -2.33. The van der Waals surface area contributed by atoms with Crippen molar-refractivity contribution in [3.63, 3.8) is 0 Å². The summed E-state index contributed by atoms with van der Waals surface area (Å²) in [5.41, 5.74) is 6.14. The summed E-state index contributed by atoms with van der Waals surface area (Å²) < 4.78 is 4.98. The van der Waals surface area contributed by atoms with Gasteiger partial charge in [-0.05, 0) is 13.3 Å². The quantitative estimate of drug-likeness (QED) is 0.675. The highest BCUT2D eigenvalue weighted by Crippen LogP contribution is 2.23. The number of anilines is 2. The zero-order chi connectivity index (χ0) is 14.3. The molecule has 0 aliphatic carbocycles. The molecule has 7 heteroatoms. The fraction of sp³-hybridized carbons (Fsp3) is 0.583. The number of hydrogen-bond acceptors (Lipinski definition) is 6. The first-order valence-electron chi connectivity index (χ1n) is 6.26. The van der Waals surface area contributed by atoms with E-state index in [0.717, 1.165) is 6.42 Å². The lowest BCUT2D eigenvalue weighted by molar-refractivity contribution is -0.121. The highest BCUT2D eigenvalue weighted by molar-refractivity contribution is 5.77. The van der Waals surface area contributed by atoms with Gasteiger partial charge in [-0.1, -0.05) is 6.92 Å². The van der Waals surface area contributed by atoms with Crippen molar-refractivity contribution in [3.8, 4) is 5.88 Å². The van der Waals surface area contributed by atoms with Gasteiger partial charge in [0.2, 0.25) is 11.8 Å². The maximum Gasteiger partial charge on any atom is 0.242 e. The Hall–Kier alpha value is -2.05. The molecular weight excluding hydrogens is 246 g/mol. The molecular formula is C12H21N5O2. The molecule has 0 saturated heterocycles. The number of methoxy groups -OCH3 is 1.